The molecule has 12 N–H and O–H groups in total. The third-order valence-electron chi connectivity index (χ3n) is 6.17. The summed E-state index contributed by atoms with van der Waals surface area (Å²) in [6, 6.07) is 2.68. The first-order valence-electron chi connectivity index (χ1n) is 13.0. The predicted molar refractivity (Wildman–Crippen MR) is 150 cm³/mol. The lowest BCUT2D eigenvalue weighted by Gasteiger charge is -2.25. The molecule has 0 aliphatic carbocycles. The van der Waals surface area contributed by atoms with E-state index in [-0.39, 0.29) is 37.7 Å². The molecule has 0 aliphatic heterocycles. The van der Waals surface area contributed by atoms with Gasteiger partial charge in [0, 0.05) is 30.1 Å². The normalized spacial score (nSPS) is 14.1. The van der Waals surface area contributed by atoms with Gasteiger partial charge in [0.1, 0.15) is 24.2 Å². The molecule has 1 aromatic heterocycles. The molecule has 0 spiro atoms. The summed E-state index contributed by atoms with van der Waals surface area (Å²) in [5, 5.41) is 27.4. The van der Waals surface area contributed by atoms with E-state index >= 15 is 0 Å². The number of nitrogens with zero attached hydrogens (tertiary/aromatic N) is 1. The van der Waals surface area contributed by atoms with Gasteiger partial charge in [-0.1, -0.05) is 32.0 Å². The van der Waals surface area contributed by atoms with Gasteiger partial charge in [0.25, 0.3) is 0 Å². The number of H-pyrrole nitrogens is 1. The zero-order valence-corrected chi connectivity index (χ0v) is 22.7. The number of nitrogens with two attached hydrogens (primary N) is 3. The van der Waals surface area contributed by atoms with Crippen LogP contribution in [0.4, 0.5) is 0 Å². The highest BCUT2D eigenvalue weighted by Gasteiger charge is 2.31. The van der Waals surface area contributed by atoms with Crippen molar-refractivity contribution in [3.05, 3.63) is 36.0 Å². The van der Waals surface area contributed by atoms with Crippen LogP contribution >= 0.6 is 0 Å². The average molecular weight is 561 g/mol. The van der Waals surface area contributed by atoms with Crippen LogP contribution in [-0.2, 0) is 25.6 Å². The fourth-order valence-corrected chi connectivity index (χ4v) is 4.10. The second kappa shape index (κ2) is 15.4. The number of carboxylic acids is 1. The van der Waals surface area contributed by atoms with Gasteiger partial charge in [0.05, 0.1) is 6.61 Å². The van der Waals surface area contributed by atoms with Gasteiger partial charge in [-0.15, -0.1) is 0 Å². The highest BCUT2D eigenvalue weighted by Crippen LogP contribution is 2.19. The maximum atomic E-state index is 13.5. The van der Waals surface area contributed by atoms with Crippen molar-refractivity contribution in [1.82, 2.24) is 20.9 Å². The third-order valence-corrected chi connectivity index (χ3v) is 6.17. The number of hydrogen-bond acceptors (Lipinski definition) is 7. The number of aliphatic hydroxyl groups excluding tert-OH is 1. The minimum absolute atomic E-state index is 0.0113. The summed E-state index contributed by atoms with van der Waals surface area (Å²) in [6.45, 7) is 3.20. The van der Waals surface area contributed by atoms with E-state index in [4.69, 9.17) is 17.2 Å². The number of aromatic nitrogens is 1. The molecule has 40 heavy (non-hydrogen) atoms. The van der Waals surface area contributed by atoms with E-state index in [1.807, 2.05) is 38.1 Å². The summed E-state index contributed by atoms with van der Waals surface area (Å²) in [7, 11) is 0. The van der Waals surface area contributed by atoms with Crippen LogP contribution in [-0.4, -0.2) is 82.2 Å². The summed E-state index contributed by atoms with van der Waals surface area (Å²) in [4.78, 5) is 57.9. The first-order chi connectivity index (χ1) is 18.9. The molecule has 3 amide bonds. The number of para-hydroxylation sites is 1. The molecule has 0 saturated heterocycles. The molecule has 14 nitrogen and oxygen atoms in total. The molecule has 14 heteroatoms. The fourth-order valence-electron chi connectivity index (χ4n) is 4.10. The Morgan fingerprint density at radius 2 is 1.60 bits per heavy atom. The zero-order chi connectivity index (χ0) is 29.8. The second-order valence-electron chi connectivity index (χ2n) is 9.95. The van der Waals surface area contributed by atoms with Crippen LogP contribution in [0.2, 0.25) is 0 Å². The maximum absolute atomic E-state index is 13.5. The van der Waals surface area contributed by atoms with Crippen molar-refractivity contribution >= 4 is 40.6 Å². The molecule has 0 bridgehead atoms. The number of nitrogens with one attached hydrogen (secondary N) is 4. The highest BCUT2D eigenvalue weighted by molar-refractivity contribution is 5.95. The highest BCUT2D eigenvalue weighted by atomic mass is 16.4. The van der Waals surface area contributed by atoms with Crippen LogP contribution in [0, 0.1) is 5.92 Å². The predicted octanol–water partition coefficient (Wildman–Crippen LogP) is -1.33. The number of amides is 3. The van der Waals surface area contributed by atoms with Crippen molar-refractivity contribution in [2.45, 2.75) is 63.7 Å². The third kappa shape index (κ3) is 9.85. The number of hydrogen-bond donors (Lipinski definition) is 9. The first kappa shape index (κ1) is 32.0. The van der Waals surface area contributed by atoms with Gasteiger partial charge in [-0.2, -0.15) is 0 Å². The van der Waals surface area contributed by atoms with Crippen molar-refractivity contribution in [3.63, 3.8) is 0 Å². The number of aliphatic carboxylic acids is 1. The summed E-state index contributed by atoms with van der Waals surface area (Å²) in [5.41, 5.74) is 17.9. The lowest BCUT2D eigenvalue weighted by Crippen LogP contribution is -2.58. The molecule has 0 radical (unpaired) electrons. The molecule has 0 saturated carbocycles. The van der Waals surface area contributed by atoms with E-state index in [1.54, 1.807) is 6.20 Å². The molecule has 220 valence electrons. The monoisotopic (exact) mass is 560 g/mol. The topological polar surface area (TPSA) is 251 Å². The molecular formula is C26H40N8O6. The van der Waals surface area contributed by atoms with Gasteiger partial charge in [0.2, 0.25) is 17.7 Å². The van der Waals surface area contributed by atoms with Gasteiger partial charge in [-0.05, 0) is 36.8 Å². The van der Waals surface area contributed by atoms with Gasteiger partial charge in [-0.25, -0.2) is 4.79 Å². The lowest BCUT2D eigenvalue weighted by molar-refractivity contribution is -0.142. The van der Waals surface area contributed by atoms with E-state index in [0.717, 1.165) is 16.5 Å². The minimum atomic E-state index is -1.26. The van der Waals surface area contributed by atoms with Crippen LogP contribution in [0.25, 0.3) is 10.9 Å². The number of carbonyl (C=O) groups excluding carboxylic acids is 3. The van der Waals surface area contributed by atoms with Gasteiger partial charge in [-0.3, -0.25) is 19.4 Å². The van der Waals surface area contributed by atoms with Crippen molar-refractivity contribution in [3.8, 4) is 0 Å². The van der Waals surface area contributed by atoms with Gasteiger partial charge < -0.3 is 48.3 Å². The largest absolute Gasteiger partial charge is 0.480 e. The number of aliphatic imine (C=N–C) groups is 1. The molecule has 1 aromatic carbocycles. The maximum Gasteiger partial charge on any atom is 0.326 e. The summed E-state index contributed by atoms with van der Waals surface area (Å²) in [6.07, 6.45) is 2.34. The van der Waals surface area contributed by atoms with E-state index in [0.29, 0.717) is 6.42 Å². The number of rotatable bonds is 16. The molecule has 0 aliphatic rings. The summed E-state index contributed by atoms with van der Waals surface area (Å²) in [5.74, 6) is -3.48. The molecule has 2 aromatic rings. The van der Waals surface area contributed by atoms with Crippen molar-refractivity contribution in [2.24, 2.45) is 28.1 Å². The van der Waals surface area contributed by atoms with E-state index in [1.165, 1.54) is 0 Å². The van der Waals surface area contributed by atoms with Crippen LogP contribution in [0.3, 0.4) is 0 Å². The Bertz CT molecular complexity index is 1190. The Hall–Kier alpha value is -4.17. The number of aromatic amines is 1. The average Bonchev–Trinajstić information content (AvgIpc) is 3.31. The van der Waals surface area contributed by atoms with Crippen LogP contribution in [0.1, 0.15) is 38.7 Å². The molecular weight excluding hydrogens is 520 g/mol. The van der Waals surface area contributed by atoms with Crippen molar-refractivity contribution in [1.29, 1.82) is 0 Å². The van der Waals surface area contributed by atoms with E-state index in [9.17, 15) is 29.4 Å². The molecule has 0 fully saturated rings. The molecule has 4 atom stereocenters. The standard InChI is InChI=1S/C26H40N8O6/c1-14(2)10-21(25(39)40)34-23(37)19(8-5-9-30-26(28)29)32-24(38)20(33-22(36)17(27)13-35)11-15-12-31-18-7-4-3-6-16(15)18/h3-4,6-7,12,14,17,19-21,31,35H,5,8-11,13,27H2,1-2H3,(H,32,38)(H,33,36)(H,34,37)(H,39,40)(H4,28,29,30). The number of carboxylic acid groups (broad SMARTS) is 1. The van der Waals surface area contributed by atoms with E-state index in [2.05, 4.69) is 25.9 Å². The first-order valence-corrected chi connectivity index (χ1v) is 13.0. The quantitative estimate of drug-likeness (QED) is 0.0669. The van der Waals surface area contributed by atoms with Gasteiger partial charge in [0.15, 0.2) is 5.96 Å². The van der Waals surface area contributed by atoms with E-state index < -0.39 is 54.5 Å². The second-order valence-corrected chi connectivity index (χ2v) is 9.95. The van der Waals surface area contributed by atoms with Crippen LogP contribution in [0.15, 0.2) is 35.5 Å². The number of guanidine groups is 1. The molecule has 4 unspecified atom stereocenters. The van der Waals surface area contributed by atoms with Gasteiger partial charge >= 0.3 is 5.97 Å². The summed E-state index contributed by atoms with van der Waals surface area (Å²) >= 11 is 0. The lowest BCUT2D eigenvalue weighted by atomic mass is 10.0. The number of fused-ring (bicyclic) bond motifs is 1. The Labute approximate surface area is 232 Å². The number of aliphatic hydroxyl groups is 1. The molecule has 2 rings (SSSR count). The SMILES string of the molecule is CC(C)CC(NC(=O)C(CCCN=C(N)N)NC(=O)C(Cc1c[nH]c2ccccc12)NC(=O)C(N)CO)C(=O)O. The number of carbonyl (C=O) groups is 4. The van der Waals surface area contributed by atoms with Crippen LogP contribution < -0.4 is 33.2 Å². The summed E-state index contributed by atoms with van der Waals surface area (Å²) < 4.78 is 0. The van der Waals surface area contributed by atoms with Crippen LogP contribution in [0.5, 0.6) is 0 Å². The fraction of sp³-hybridized carbons (Fsp3) is 0.500. The number of benzene rings is 1. The van der Waals surface area contributed by atoms with Crippen molar-refractivity contribution in [2.75, 3.05) is 13.2 Å². The Morgan fingerprint density at radius 1 is 0.975 bits per heavy atom. The zero-order valence-electron chi connectivity index (χ0n) is 22.7. The Kier molecular flexibility index (Phi) is 12.4. The molecule has 1 heterocycles. The van der Waals surface area contributed by atoms with Crippen molar-refractivity contribution < 1.29 is 29.4 Å². The Balaban J connectivity index is 2.30. The minimum Gasteiger partial charge on any atom is -0.480 e. The smallest absolute Gasteiger partial charge is 0.326 e. The Morgan fingerprint density at radius 3 is 2.23 bits per heavy atom.